The monoisotopic (exact) mass is 306 g/mol. The summed E-state index contributed by atoms with van der Waals surface area (Å²) in [6.07, 6.45) is 0.890. The third-order valence-electron chi connectivity index (χ3n) is 2.00. The molecule has 0 saturated carbocycles. The zero-order valence-corrected chi connectivity index (χ0v) is 10.3. The number of rotatable bonds is 5. The largest absolute Gasteiger partial charge is 0.383 e. The lowest BCUT2D eigenvalue weighted by Gasteiger charge is -2.14. The first kappa shape index (κ1) is 11.9. The van der Waals surface area contributed by atoms with E-state index in [1.807, 2.05) is 0 Å². The standard InChI is InChI=1S/C10H15IN2O/c1-14-7-10(13-12)6-8-2-4-9(11)5-3-8/h2-5,10,13H,6-7,12H2,1H3. The van der Waals surface area contributed by atoms with Crippen LogP contribution in [0.5, 0.6) is 0 Å². The second kappa shape index (κ2) is 6.34. The topological polar surface area (TPSA) is 47.3 Å². The Bertz CT molecular complexity index is 263. The van der Waals surface area contributed by atoms with Gasteiger partial charge in [0.1, 0.15) is 0 Å². The summed E-state index contributed by atoms with van der Waals surface area (Å²) < 4.78 is 6.29. The zero-order chi connectivity index (χ0) is 10.4. The summed E-state index contributed by atoms with van der Waals surface area (Å²) in [5.74, 6) is 5.41. The lowest BCUT2D eigenvalue weighted by Crippen LogP contribution is -2.40. The smallest absolute Gasteiger partial charge is 0.0632 e. The molecule has 0 aliphatic carbocycles. The molecule has 14 heavy (non-hydrogen) atoms. The molecular formula is C10H15IN2O. The molecule has 0 aliphatic heterocycles. The predicted octanol–water partition coefficient (Wildman–Crippen LogP) is 1.31. The Morgan fingerprint density at radius 1 is 1.43 bits per heavy atom. The van der Waals surface area contributed by atoms with Crippen molar-refractivity contribution in [3.8, 4) is 0 Å². The van der Waals surface area contributed by atoms with Gasteiger partial charge in [-0.15, -0.1) is 0 Å². The second-order valence-corrected chi connectivity index (χ2v) is 4.40. The van der Waals surface area contributed by atoms with Crippen LogP contribution in [0.2, 0.25) is 0 Å². The molecule has 0 bridgehead atoms. The average molecular weight is 306 g/mol. The average Bonchev–Trinajstić information content (AvgIpc) is 2.20. The third-order valence-corrected chi connectivity index (χ3v) is 2.72. The van der Waals surface area contributed by atoms with E-state index in [-0.39, 0.29) is 6.04 Å². The minimum atomic E-state index is 0.181. The van der Waals surface area contributed by atoms with Crippen LogP contribution in [0.25, 0.3) is 0 Å². The van der Waals surface area contributed by atoms with Crippen LogP contribution in [-0.2, 0) is 11.2 Å². The van der Waals surface area contributed by atoms with Gasteiger partial charge in [0.25, 0.3) is 0 Å². The molecule has 0 aliphatic rings. The SMILES string of the molecule is COCC(Cc1ccc(I)cc1)NN. The fourth-order valence-corrected chi connectivity index (χ4v) is 1.63. The van der Waals surface area contributed by atoms with Gasteiger partial charge >= 0.3 is 0 Å². The number of ether oxygens (including phenoxy) is 1. The molecule has 3 nitrogen and oxygen atoms in total. The molecule has 78 valence electrons. The molecule has 1 rings (SSSR count). The highest BCUT2D eigenvalue weighted by atomic mass is 127. The van der Waals surface area contributed by atoms with Crippen LogP contribution >= 0.6 is 22.6 Å². The predicted molar refractivity (Wildman–Crippen MR) is 65.9 cm³/mol. The number of hydrazine groups is 1. The Kier molecular flexibility index (Phi) is 5.39. The van der Waals surface area contributed by atoms with Gasteiger partial charge in [-0.1, -0.05) is 12.1 Å². The van der Waals surface area contributed by atoms with Gasteiger partial charge in [0.15, 0.2) is 0 Å². The summed E-state index contributed by atoms with van der Waals surface area (Å²) in [5.41, 5.74) is 4.01. The molecular weight excluding hydrogens is 291 g/mol. The number of halogens is 1. The summed E-state index contributed by atoms with van der Waals surface area (Å²) in [6, 6.07) is 8.59. The highest BCUT2D eigenvalue weighted by Gasteiger charge is 2.06. The van der Waals surface area contributed by atoms with E-state index < -0.39 is 0 Å². The van der Waals surface area contributed by atoms with Crippen molar-refractivity contribution in [2.45, 2.75) is 12.5 Å². The van der Waals surface area contributed by atoms with Gasteiger partial charge in [0, 0.05) is 16.7 Å². The van der Waals surface area contributed by atoms with E-state index in [0.29, 0.717) is 6.61 Å². The number of methoxy groups -OCH3 is 1. The van der Waals surface area contributed by atoms with Crippen molar-refractivity contribution in [2.24, 2.45) is 5.84 Å². The maximum Gasteiger partial charge on any atom is 0.0632 e. The lowest BCUT2D eigenvalue weighted by atomic mass is 10.1. The first-order valence-corrected chi connectivity index (χ1v) is 5.53. The molecule has 4 heteroatoms. The van der Waals surface area contributed by atoms with Crippen LogP contribution in [0.15, 0.2) is 24.3 Å². The number of hydrogen-bond donors (Lipinski definition) is 2. The molecule has 1 aromatic carbocycles. The van der Waals surface area contributed by atoms with E-state index in [1.54, 1.807) is 7.11 Å². The van der Waals surface area contributed by atoms with E-state index in [1.165, 1.54) is 9.13 Å². The van der Waals surface area contributed by atoms with Gasteiger partial charge in [-0.05, 0) is 46.7 Å². The molecule has 1 unspecified atom stereocenters. The van der Waals surface area contributed by atoms with E-state index in [0.717, 1.165) is 6.42 Å². The van der Waals surface area contributed by atoms with Crippen LogP contribution in [0.1, 0.15) is 5.56 Å². The Hall–Kier alpha value is -0.170. The van der Waals surface area contributed by atoms with Crippen LogP contribution < -0.4 is 11.3 Å². The summed E-state index contributed by atoms with van der Waals surface area (Å²) in [4.78, 5) is 0. The second-order valence-electron chi connectivity index (χ2n) is 3.15. The van der Waals surface area contributed by atoms with Crippen LogP contribution in [0, 0.1) is 3.57 Å². The molecule has 0 radical (unpaired) electrons. The van der Waals surface area contributed by atoms with Crippen LogP contribution in [-0.4, -0.2) is 19.8 Å². The molecule has 1 atom stereocenters. The fourth-order valence-electron chi connectivity index (χ4n) is 1.27. The fraction of sp³-hybridized carbons (Fsp3) is 0.400. The molecule has 0 saturated heterocycles. The summed E-state index contributed by atoms with van der Waals surface area (Å²) in [5, 5.41) is 0. The van der Waals surface area contributed by atoms with Gasteiger partial charge in [0.2, 0.25) is 0 Å². The van der Waals surface area contributed by atoms with E-state index in [2.05, 4.69) is 52.3 Å². The van der Waals surface area contributed by atoms with E-state index >= 15 is 0 Å². The van der Waals surface area contributed by atoms with Crippen molar-refractivity contribution < 1.29 is 4.74 Å². The van der Waals surface area contributed by atoms with Crippen molar-refractivity contribution in [3.63, 3.8) is 0 Å². The minimum Gasteiger partial charge on any atom is -0.383 e. The molecule has 1 aromatic rings. The van der Waals surface area contributed by atoms with Gasteiger partial charge in [-0.25, -0.2) is 0 Å². The third kappa shape index (κ3) is 3.91. The lowest BCUT2D eigenvalue weighted by molar-refractivity contribution is 0.166. The zero-order valence-electron chi connectivity index (χ0n) is 8.16. The first-order chi connectivity index (χ1) is 6.76. The Morgan fingerprint density at radius 3 is 2.57 bits per heavy atom. The maximum absolute atomic E-state index is 5.41. The Labute approximate surface area is 98.1 Å². The Morgan fingerprint density at radius 2 is 2.07 bits per heavy atom. The number of nitrogens with two attached hydrogens (primary N) is 1. The summed E-state index contributed by atoms with van der Waals surface area (Å²) >= 11 is 2.29. The molecule has 3 N–H and O–H groups in total. The maximum atomic E-state index is 5.41. The van der Waals surface area contributed by atoms with Gasteiger partial charge < -0.3 is 4.74 Å². The Balaban J connectivity index is 2.53. The number of benzene rings is 1. The normalized spacial score (nSPS) is 12.8. The number of hydrogen-bond acceptors (Lipinski definition) is 3. The highest BCUT2D eigenvalue weighted by molar-refractivity contribution is 14.1. The van der Waals surface area contributed by atoms with E-state index in [4.69, 9.17) is 10.6 Å². The van der Waals surface area contributed by atoms with Gasteiger partial charge in [-0.2, -0.15) is 0 Å². The van der Waals surface area contributed by atoms with Crippen molar-refractivity contribution >= 4 is 22.6 Å². The van der Waals surface area contributed by atoms with Crippen molar-refractivity contribution in [3.05, 3.63) is 33.4 Å². The molecule has 0 spiro atoms. The van der Waals surface area contributed by atoms with Crippen LogP contribution in [0.3, 0.4) is 0 Å². The molecule has 0 aromatic heterocycles. The van der Waals surface area contributed by atoms with Crippen molar-refractivity contribution in [1.29, 1.82) is 0 Å². The van der Waals surface area contributed by atoms with E-state index in [9.17, 15) is 0 Å². The van der Waals surface area contributed by atoms with Crippen molar-refractivity contribution in [2.75, 3.05) is 13.7 Å². The number of nitrogens with one attached hydrogen (secondary N) is 1. The molecule has 0 fully saturated rings. The quantitative estimate of drug-likeness (QED) is 0.490. The molecule has 0 heterocycles. The van der Waals surface area contributed by atoms with Gasteiger partial charge in [-0.3, -0.25) is 11.3 Å². The summed E-state index contributed by atoms with van der Waals surface area (Å²) in [7, 11) is 1.68. The first-order valence-electron chi connectivity index (χ1n) is 4.45. The van der Waals surface area contributed by atoms with Gasteiger partial charge in [0.05, 0.1) is 6.61 Å². The van der Waals surface area contributed by atoms with Crippen LogP contribution in [0.4, 0.5) is 0 Å². The minimum absolute atomic E-state index is 0.181. The van der Waals surface area contributed by atoms with Crippen molar-refractivity contribution in [1.82, 2.24) is 5.43 Å². The highest BCUT2D eigenvalue weighted by Crippen LogP contribution is 2.08. The summed E-state index contributed by atoms with van der Waals surface area (Å²) in [6.45, 7) is 0.627. The molecule has 0 amide bonds.